The molecule has 1 heterocycles. The molecule has 0 aromatic heterocycles. The average molecular weight is 291 g/mol. The second-order valence-electron chi connectivity index (χ2n) is 5.39. The number of hydrogen-bond donors (Lipinski definition) is 0. The molecule has 3 fully saturated rings. The number of hydrogen-bond acceptors (Lipinski definition) is 6. The third kappa shape index (κ3) is 2.07. The maximum absolute atomic E-state index is 12.6. The van der Waals surface area contributed by atoms with Gasteiger partial charge in [0, 0.05) is 5.92 Å². The fraction of sp³-hybridized carbons (Fsp3) is 0.833. The van der Waals surface area contributed by atoms with Gasteiger partial charge in [-0.1, -0.05) is 0 Å². The van der Waals surface area contributed by atoms with Gasteiger partial charge in [0.1, 0.15) is 12.1 Å². The second kappa shape index (κ2) is 4.63. The van der Waals surface area contributed by atoms with Gasteiger partial charge in [0.25, 0.3) is 0 Å². The van der Waals surface area contributed by atoms with Crippen LogP contribution >= 0.6 is 0 Å². The van der Waals surface area contributed by atoms with Crippen molar-refractivity contribution >= 4 is 11.9 Å². The van der Waals surface area contributed by atoms with Gasteiger partial charge in [-0.3, -0.25) is 4.79 Å². The van der Waals surface area contributed by atoms with Gasteiger partial charge >= 0.3 is 12.1 Å². The van der Waals surface area contributed by atoms with Crippen LogP contribution in [0.4, 0.5) is 8.78 Å². The van der Waals surface area contributed by atoms with Crippen molar-refractivity contribution in [3.05, 3.63) is 0 Å². The minimum Gasteiger partial charge on any atom is -0.542 e. The molecular formula is C12H13F2O6-. The van der Waals surface area contributed by atoms with E-state index in [0.29, 0.717) is 6.42 Å². The van der Waals surface area contributed by atoms with E-state index in [9.17, 15) is 23.5 Å². The van der Waals surface area contributed by atoms with E-state index in [1.54, 1.807) is 0 Å². The van der Waals surface area contributed by atoms with Gasteiger partial charge in [0.15, 0.2) is 0 Å². The third-order valence-electron chi connectivity index (χ3n) is 4.33. The first-order valence-electron chi connectivity index (χ1n) is 6.45. The SMILES string of the molecule is O=C1OC2C3CC(CC13)C2OCCOC(F)(F)C(=O)[O-]. The van der Waals surface area contributed by atoms with E-state index in [4.69, 9.17) is 9.47 Å². The number of rotatable bonds is 6. The Bertz CT molecular complexity index is 440. The van der Waals surface area contributed by atoms with Crippen LogP contribution in [-0.2, 0) is 23.8 Å². The maximum atomic E-state index is 12.6. The molecule has 6 nitrogen and oxygen atoms in total. The summed E-state index contributed by atoms with van der Waals surface area (Å²) in [6.45, 7) is -0.756. The van der Waals surface area contributed by atoms with Crippen molar-refractivity contribution in [3.8, 4) is 0 Å². The van der Waals surface area contributed by atoms with Crippen molar-refractivity contribution in [1.29, 1.82) is 0 Å². The molecule has 0 spiro atoms. The molecule has 1 aliphatic heterocycles. The van der Waals surface area contributed by atoms with Gasteiger partial charge in [0.05, 0.1) is 25.2 Å². The molecule has 8 heteroatoms. The Labute approximate surface area is 113 Å². The minimum absolute atomic E-state index is 0.0384. The topological polar surface area (TPSA) is 84.9 Å². The molecule has 3 aliphatic rings. The molecule has 112 valence electrons. The number of fused-ring (bicyclic) bond motifs is 1. The van der Waals surface area contributed by atoms with Crippen LogP contribution in [0.2, 0.25) is 0 Å². The lowest BCUT2D eigenvalue weighted by Crippen LogP contribution is -2.44. The molecule has 20 heavy (non-hydrogen) atoms. The number of carbonyl (C=O) groups excluding carboxylic acids is 2. The molecule has 5 unspecified atom stereocenters. The maximum Gasteiger partial charge on any atom is 0.397 e. The lowest BCUT2D eigenvalue weighted by atomic mass is 9.88. The summed E-state index contributed by atoms with van der Waals surface area (Å²) < 4.78 is 39.8. The van der Waals surface area contributed by atoms with Crippen molar-refractivity contribution in [2.24, 2.45) is 17.8 Å². The summed E-state index contributed by atoms with van der Waals surface area (Å²) in [6, 6.07) is 0. The number of esters is 1. The minimum atomic E-state index is -4.32. The molecule has 0 N–H and O–H groups in total. The summed E-state index contributed by atoms with van der Waals surface area (Å²) in [6.07, 6.45) is -3.36. The van der Waals surface area contributed by atoms with Crippen LogP contribution in [0, 0.1) is 17.8 Å². The molecule has 3 rings (SSSR count). The molecule has 0 radical (unpaired) electrons. The Hall–Kier alpha value is -1.28. The Morgan fingerprint density at radius 2 is 2.15 bits per heavy atom. The largest absolute Gasteiger partial charge is 0.542 e. The summed E-state index contributed by atoms with van der Waals surface area (Å²) in [5, 5.41) is 10.0. The van der Waals surface area contributed by atoms with E-state index >= 15 is 0 Å². The zero-order valence-corrected chi connectivity index (χ0v) is 10.4. The number of carbonyl (C=O) groups is 2. The summed E-state index contributed by atoms with van der Waals surface area (Å²) in [7, 11) is 0. The lowest BCUT2D eigenvalue weighted by Gasteiger charge is -2.26. The predicted molar refractivity (Wildman–Crippen MR) is 55.2 cm³/mol. The third-order valence-corrected chi connectivity index (χ3v) is 4.33. The van der Waals surface area contributed by atoms with Crippen LogP contribution in [0.5, 0.6) is 0 Å². The Kier molecular flexibility index (Phi) is 3.17. The quantitative estimate of drug-likeness (QED) is 0.476. The number of halogens is 2. The number of aliphatic carboxylic acids is 1. The zero-order chi connectivity index (χ0) is 14.5. The standard InChI is InChI=1S/C12H14F2O6/c13-12(14,11(16)17)19-2-1-18-8-5-3-6-7(4-5)10(15)20-9(6)8/h5-9H,1-4H2,(H,16,17)/p-1. The van der Waals surface area contributed by atoms with Crippen LogP contribution < -0.4 is 5.11 Å². The van der Waals surface area contributed by atoms with Gasteiger partial charge in [-0.05, 0) is 18.8 Å². The summed E-state index contributed by atoms with van der Waals surface area (Å²) in [5.41, 5.74) is 0. The summed E-state index contributed by atoms with van der Waals surface area (Å²) in [4.78, 5) is 21.5. The van der Waals surface area contributed by atoms with Crippen LogP contribution in [0.1, 0.15) is 12.8 Å². The molecular weight excluding hydrogens is 278 g/mol. The Balaban J connectivity index is 1.47. The number of carboxylic acid groups (broad SMARTS) is 1. The summed E-state index contributed by atoms with van der Waals surface area (Å²) in [5.74, 6) is -2.45. The fourth-order valence-corrected chi connectivity index (χ4v) is 3.55. The lowest BCUT2D eigenvalue weighted by molar-refractivity contribution is -0.363. The highest BCUT2D eigenvalue weighted by Crippen LogP contribution is 2.55. The number of alkyl halides is 2. The molecule has 2 saturated carbocycles. The van der Waals surface area contributed by atoms with E-state index in [0.717, 1.165) is 6.42 Å². The number of ether oxygens (including phenoxy) is 3. The number of carboxylic acids is 1. The molecule has 0 aromatic carbocycles. The van der Waals surface area contributed by atoms with Crippen molar-refractivity contribution in [2.45, 2.75) is 31.2 Å². The molecule has 2 bridgehead atoms. The monoisotopic (exact) mass is 291 g/mol. The first-order chi connectivity index (χ1) is 9.40. The molecule has 2 aliphatic carbocycles. The molecule has 0 aromatic rings. The highest BCUT2D eigenvalue weighted by Gasteiger charge is 2.62. The predicted octanol–water partition coefficient (Wildman–Crippen LogP) is -0.688. The van der Waals surface area contributed by atoms with Gasteiger partial charge in [0.2, 0.25) is 0 Å². The van der Waals surface area contributed by atoms with Crippen LogP contribution in [0.3, 0.4) is 0 Å². The van der Waals surface area contributed by atoms with E-state index in [2.05, 4.69) is 4.74 Å². The van der Waals surface area contributed by atoms with Crippen LogP contribution in [-0.4, -0.2) is 43.5 Å². The van der Waals surface area contributed by atoms with E-state index in [-0.39, 0.29) is 42.5 Å². The van der Waals surface area contributed by atoms with Crippen molar-refractivity contribution < 1.29 is 37.7 Å². The van der Waals surface area contributed by atoms with Crippen LogP contribution in [0.25, 0.3) is 0 Å². The Morgan fingerprint density at radius 1 is 1.40 bits per heavy atom. The van der Waals surface area contributed by atoms with Crippen molar-refractivity contribution in [2.75, 3.05) is 13.2 Å². The van der Waals surface area contributed by atoms with Gasteiger partial charge in [-0.2, -0.15) is 8.78 Å². The highest BCUT2D eigenvalue weighted by atomic mass is 19.3. The van der Waals surface area contributed by atoms with E-state index in [1.807, 2.05) is 0 Å². The average Bonchev–Trinajstić information content (AvgIpc) is 2.97. The first kappa shape index (κ1) is 13.7. The highest BCUT2D eigenvalue weighted by molar-refractivity contribution is 5.76. The molecule has 0 amide bonds. The van der Waals surface area contributed by atoms with Gasteiger partial charge in [-0.15, -0.1) is 0 Å². The smallest absolute Gasteiger partial charge is 0.397 e. The first-order valence-corrected chi connectivity index (χ1v) is 6.45. The molecule has 5 atom stereocenters. The van der Waals surface area contributed by atoms with Crippen molar-refractivity contribution in [3.63, 3.8) is 0 Å². The fourth-order valence-electron chi connectivity index (χ4n) is 3.55. The van der Waals surface area contributed by atoms with Gasteiger partial charge in [-0.25, -0.2) is 0 Å². The summed E-state index contributed by atoms with van der Waals surface area (Å²) >= 11 is 0. The second-order valence-corrected chi connectivity index (χ2v) is 5.39. The Morgan fingerprint density at radius 3 is 2.85 bits per heavy atom. The zero-order valence-electron chi connectivity index (χ0n) is 10.4. The van der Waals surface area contributed by atoms with Gasteiger partial charge < -0.3 is 24.1 Å². The molecule has 1 saturated heterocycles. The van der Waals surface area contributed by atoms with E-state index in [1.165, 1.54) is 0 Å². The normalized spacial score (nSPS) is 38.3. The van der Waals surface area contributed by atoms with Crippen molar-refractivity contribution in [1.82, 2.24) is 0 Å². The van der Waals surface area contributed by atoms with Crippen LogP contribution in [0.15, 0.2) is 0 Å². The van der Waals surface area contributed by atoms with E-state index < -0.39 is 18.7 Å².